The molecule has 0 bridgehead atoms. The molecule has 154 valence electrons. The number of para-hydroxylation sites is 1. The minimum atomic E-state index is -1.50. The second-order valence-corrected chi connectivity index (χ2v) is 6.52. The van der Waals surface area contributed by atoms with Crippen molar-refractivity contribution in [2.45, 2.75) is 12.5 Å². The van der Waals surface area contributed by atoms with Gasteiger partial charge in [-0.25, -0.2) is 4.98 Å². The number of hydrogen-bond donors (Lipinski definition) is 2. The van der Waals surface area contributed by atoms with E-state index in [1.165, 1.54) is 0 Å². The van der Waals surface area contributed by atoms with Crippen LogP contribution in [0.2, 0.25) is 10.0 Å². The van der Waals surface area contributed by atoms with Gasteiger partial charge in [0.2, 0.25) is 0 Å². The summed E-state index contributed by atoms with van der Waals surface area (Å²) in [7, 11) is 0. The SMILES string of the molecule is Clc1ccc(CC(OCCOc2ccccc2)c2ncc[nH]2)c(Cl)c1.O=[N+]([O-])O. The van der Waals surface area contributed by atoms with Crippen LogP contribution in [-0.4, -0.2) is 33.5 Å². The Morgan fingerprint density at radius 3 is 2.52 bits per heavy atom. The Morgan fingerprint density at radius 2 is 1.90 bits per heavy atom. The molecule has 0 aliphatic carbocycles. The summed E-state index contributed by atoms with van der Waals surface area (Å²) in [6.45, 7) is 0.890. The van der Waals surface area contributed by atoms with E-state index in [1.807, 2.05) is 42.5 Å². The maximum absolute atomic E-state index is 8.36. The maximum Gasteiger partial charge on any atom is 0.291 e. The minimum Gasteiger partial charge on any atom is -0.491 e. The molecule has 0 aliphatic rings. The zero-order chi connectivity index (χ0) is 21.1. The molecule has 2 aromatic carbocycles. The van der Waals surface area contributed by atoms with Crippen molar-refractivity contribution >= 4 is 23.2 Å². The highest BCUT2D eigenvalue weighted by Crippen LogP contribution is 2.27. The Hall–Kier alpha value is -2.81. The van der Waals surface area contributed by atoms with Crippen LogP contribution >= 0.6 is 23.2 Å². The van der Waals surface area contributed by atoms with Crippen LogP contribution in [0, 0.1) is 10.1 Å². The summed E-state index contributed by atoms with van der Waals surface area (Å²) < 4.78 is 11.7. The van der Waals surface area contributed by atoms with E-state index in [0.29, 0.717) is 29.7 Å². The highest BCUT2D eigenvalue weighted by Gasteiger charge is 2.17. The van der Waals surface area contributed by atoms with Gasteiger partial charge < -0.3 is 19.7 Å². The van der Waals surface area contributed by atoms with Gasteiger partial charge in [0.05, 0.1) is 6.61 Å². The Bertz CT molecular complexity index is 875. The first kappa shape index (κ1) is 22.5. The monoisotopic (exact) mass is 439 g/mol. The van der Waals surface area contributed by atoms with Crippen LogP contribution in [0.25, 0.3) is 0 Å². The van der Waals surface area contributed by atoms with E-state index in [0.717, 1.165) is 17.1 Å². The van der Waals surface area contributed by atoms with Gasteiger partial charge in [-0.1, -0.05) is 47.5 Å². The Morgan fingerprint density at radius 1 is 1.17 bits per heavy atom. The van der Waals surface area contributed by atoms with Crippen LogP contribution in [0.5, 0.6) is 5.75 Å². The molecule has 0 fully saturated rings. The lowest BCUT2D eigenvalue weighted by atomic mass is 10.1. The molecular formula is C19H19Cl2N3O5. The third-order valence-electron chi connectivity index (χ3n) is 3.66. The molecule has 0 radical (unpaired) electrons. The summed E-state index contributed by atoms with van der Waals surface area (Å²) in [5, 5.41) is 14.9. The number of benzene rings is 2. The van der Waals surface area contributed by atoms with Gasteiger partial charge in [-0.3, -0.25) is 0 Å². The van der Waals surface area contributed by atoms with Crippen LogP contribution in [-0.2, 0) is 11.2 Å². The fourth-order valence-electron chi connectivity index (χ4n) is 2.44. The summed E-state index contributed by atoms with van der Waals surface area (Å²) in [6.07, 6.45) is 3.83. The van der Waals surface area contributed by atoms with Crippen molar-refractivity contribution < 1.29 is 19.8 Å². The summed E-state index contributed by atoms with van der Waals surface area (Å²) in [5.74, 6) is 1.58. The lowest BCUT2D eigenvalue weighted by Gasteiger charge is -2.17. The molecule has 3 rings (SSSR count). The summed E-state index contributed by atoms with van der Waals surface area (Å²) in [5.41, 5.74) is 0.955. The number of nitrogens with one attached hydrogen (secondary N) is 1. The molecule has 1 unspecified atom stereocenters. The van der Waals surface area contributed by atoms with Gasteiger partial charge >= 0.3 is 0 Å². The zero-order valence-electron chi connectivity index (χ0n) is 15.2. The van der Waals surface area contributed by atoms with E-state index in [-0.39, 0.29) is 6.10 Å². The highest BCUT2D eigenvalue weighted by molar-refractivity contribution is 6.35. The number of halogens is 2. The smallest absolute Gasteiger partial charge is 0.291 e. The second kappa shape index (κ2) is 11.9. The number of hydrogen-bond acceptors (Lipinski definition) is 5. The third kappa shape index (κ3) is 8.39. The molecule has 1 aromatic heterocycles. The molecule has 1 atom stereocenters. The number of nitrogens with zero attached hydrogens (tertiary/aromatic N) is 2. The zero-order valence-corrected chi connectivity index (χ0v) is 16.7. The number of ether oxygens (including phenoxy) is 2. The molecule has 0 saturated heterocycles. The van der Waals surface area contributed by atoms with Gasteiger partial charge in [-0.15, -0.1) is 10.1 Å². The molecular weight excluding hydrogens is 421 g/mol. The number of rotatable bonds is 8. The van der Waals surface area contributed by atoms with E-state index >= 15 is 0 Å². The highest BCUT2D eigenvalue weighted by atomic mass is 35.5. The Kier molecular flexibility index (Phi) is 9.23. The number of H-pyrrole nitrogens is 1. The average molecular weight is 440 g/mol. The summed E-state index contributed by atoms with van der Waals surface area (Å²) >= 11 is 12.2. The molecule has 8 nitrogen and oxygen atoms in total. The Balaban J connectivity index is 0.000000687. The van der Waals surface area contributed by atoms with Crippen molar-refractivity contribution in [3.63, 3.8) is 0 Å². The molecule has 1 heterocycles. The fraction of sp³-hybridized carbons (Fsp3) is 0.211. The van der Waals surface area contributed by atoms with Crippen molar-refractivity contribution in [3.05, 3.63) is 92.5 Å². The van der Waals surface area contributed by atoms with E-state index in [9.17, 15) is 0 Å². The van der Waals surface area contributed by atoms with E-state index in [2.05, 4.69) is 9.97 Å². The van der Waals surface area contributed by atoms with Gasteiger partial charge in [0.15, 0.2) is 0 Å². The second-order valence-electron chi connectivity index (χ2n) is 5.67. The molecule has 0 spiro atoms. The van der Waals surface area contributed by atoms with E-state index in [4.69, 9.17) is 48.0 Å². The first-order chi connectivity index (χ1) is 14.0. The van der Waals surface area contributed by atoms with Crippen molar-refractivity contribution in [2.75, 3.05) is 13.2 Å². The van der Waals surface area contributed by atoms with Crippen LogP contribution in [0.1, 0.15) is 17.5 Å². The molecule has 29 heavy (non-hydrogen) atoms. The molecule has 10 heteroatoms. The molecule has 0 amide bonds. The van der Waals surface area contributed by atoms with Crippen LogP contribution in [0.15, 0.2) is 60.9 Å². The van der Waals surface area contributed by atoms with Crippen molar-refractivity contribution in [1.82, 2.24) is 9.97 Å². The predicted octanol–water partition coefficient (Wildman–Crippen LogP) is 4.75. The quantitative estimate of drug-likeness (QED) is 0.297. The van der Waals surface area contributed by atoms with Gasteiger partial charge in [0.1, 0.15) is 24.3 Å². The minimum absolute atomic E-state index is 0.243. The first-order valence-corrected chi connectivity index (χ1v) is 9.27. The fourth-order valence-corrected chi connectivity index (χ4v) is 2.93. The van der Waals surface area contributed by atoms with Crippen molar-refractivity contribution in [3.8, 4) is 5.75 Å². The first-order valence-electron chi connectivity index (χ1n) is 8.51. The topological polar surface area (TPSA) is 111 Å². The Labute approximate surface area is 177 Å². The molecule has 0 aliphatic heterocycles. The molecule has 0 saturated carbocycles. The standard InChI is InChI=1S/C19H18Cl2N2O2.HNO3/c20-15-7-6-14(17(21)13-15)12-18(19-22-8-9-23-19)25-11-10-24-16-4-2-1-3-5-16;2-1(3)4/h1-9,13,18H,10-12H2,(H,22,23);(H,2,3,4). The normalized spacial score (nSPS) is 11.2. The van der Waals surface area contributed by atoms with Gasteiger partial charge in [0.25, 0.3) is 5.09 Å². The molecule has 3 aromatic rings. The lowest BCUT2D eigenvalue weighted by Crippen LogP contribution is -2.15. The largest absolute Gasteiger partial charge is 0.491 e. The number of imidazole rings is 1. The summed E-state index contributed by atoms with van der Waals surface area (Å²) in [6, 6.07) is 15.1. The van der Waals surface area contributed by atoms with Gasteiger partial charge in [-0.05, 0) is 29.8 Å². The predicted molar refractivity (Wildman–Crippen MR) is 108 cm³/mol. The number of aromatic nitrogens is 2. The average Bonchev–Trinajstić information content (AvgIpc) is 3.21. The summed E-state index contributed by atoms with van der Waals surface area (Å²) in [4.78, 5) is 15.8. The van der Waals surface area contributed by atoms with E-state index in [1.54, 1.807) is 18.5 Å². The van der Waals surface area contributed by atoms with Crippen LogP contribution in [0.4, 0.5) is 0 Å². The molecule has 2 N–H and O–H groups in total. The van der Waals surface area contributed by atoms with Gasteiger partial charge in [0, 0.05) is 28.9 Å². The van der Waals surface area contributed by atoms with Crippen molar-refractivity contribution in [2.24, 2.45) is 0 Å². The van der Waals surface area contributed by atoms with E-state index < -0.39 is 5.09 Å². The maximum atomic E-state index is 8.36. The van der Waals surface area contributed by atoms with Crippen LogP contribution in [0.3, 0.4) is 0 Å². The van der Waals surface area contributed by atoms with Gasteiger partial charge in [-0.2, -0.15) is 0 Å². The van der Waals surface area contributed by atoms with Crippen LogP contribution < -0.4 is 4.74 Å². The van der Waals surface area contributed by atoms with Crippen molar-refractivity contribution in [1.29, 1.82) is 0 Å². The third-order valence-corrected chi connectivity index (χ3v) is 4.25. The lowest BCUT2D eigenvalue weighted by molar-refractivity contribution is -0.742. The number of aromatic amines is 1.